The van der Waals surface area contributed by atoms with E-state index in [0.29, 0.717) is 0 Å². The third-order valence-electron chi connectivity index (χ3n) is 1.90. The third-order valence-corrected chi connectivity index (χ3v) is 2.43. The smallest absolute Gasteiger partial charge is 0.326 e. The molecular formula is C10H8BrN3O2. The van der Waals surface area contributed by atoms with Gasteiger partial charge in [0.05, 0.1) is 11.9 Å². The van der Waals surface area contributed by atoms with Crippen LogP contribution >= 0.6 is 15.9 Å². The van der Waals surface area contributed by atoms with Crippen molar-refractivity contribution in [2.75, 3.05) is 0 Å². The minimum atomic E-state index is -0.463. The number of nitrogens with one attached hydrogen (secondary N) is 2. The fourth-order valence-electron chi connectivity index (χ4n) is 1.15. The van der Waals surface area contributed by atoms with Crippen molar-refractivity contribution >= 4 is 27.8 Å². The van der Waals surface area contributed by atoms with E-state index < -0.39 is 5.69 Å². The summed E-state index contributed by atoms with van der Waals surface area (Å²) in [6.07, 6.45) is 1.39. The van der Waals surface area contributed by atoms with Gasteiger partial charge in [-0.25, -0.2) is 4.79 Å². The first-order valence-electron chi connectivity index (χ1n) is 4.46. The van der Waals surface area contributed by atoms with Gasteiger partial charge >= 0.3 is 5.69 Å². The SMILES string of the molecule is O=c1[nH]c(O)c(C=Nc2ccc(Br)cc2)[nH]1. The van der Waals surface area contributed by atoms with Gasteiger partial charge in [-0.1, -0.05) is 15.9 Å². The molecule has 0 spiro atoms. The molecule has 6 heteroatoms. The number of halogens is 1. The molecule has 2 rings (SSSR count). The molecule has 1 aromatic carbocycles. The first kappa shape index (κ1) is 10.7. The van der Waals surface area contributed by atoms with Crippen molar-refractivity contribution in [1.82, 2.24) is 9.97 Å². The maximum Gasteiger partial charge on any atom is 0.326 e. The van der Waals surface area contributed by atoms with Gasteiger partial charge in [0.15, 0.2) is 0 Å². The van der Waals surface area contributed by atoms with E-state index in [-0.39, 0.29) is 11.6 Å². The molecule has 82 valence electrons. The number of aromatic amines is 2. The largest absolute Gasteiger partial charge is 0.493 e. The van der Waals surface area contributed by atoms with Crippen molar-refractivity contribution in [1.29, 1.82) is 0 Å². The number of rotatable bonds is 2. The molecule has 0 aliphatic carbocycles. The lowest BCUT2D eigenvalue weighted by molar-refractivity contribution is 0.455. The van der Waals surface area contributed by atoms with Gasteiger partial charge in [0, 0.05) is 4.47 Å². The number of aromatic hydroxyl groups is 1. The number of H-pyrrole nitrogens is 2. The van der Waals surface area contributed by atoms with E-state index in [1.165, 1.54) is 6.21 Å². The number of nitrogens with zero attached hydrogens (tertiary/aromatic N) is 1. The lowest BCUT2D eigenvalue weighted by Crippen LogP contribution is -2.00. The Hall–Kier alpha value is -1.82. The topological polar surface area (TPSA) is 81.2 Å². The predicted molar refractivity (Wildman–Crippen MR) is 64.5 cm³/mol. The fourth-order valence-corrected chi connectivity index (χ4v) is 1.41. The van der Waals surface area contributed by atoms with Crippen LogP contribution in [-0.4, -0.2) is 21.3 Å². The van der Waals surface area contributed by atoms with Crippen LogP contribution in [0.15, 0.2) is 38.5 Å². The summed E-state index contributed by atoms with van der Waals surface area (Å²) >= 11 is 3.31. The summed E-state index contributed by atoms with van der Waals surface area (Å²) in [7, 11) is 0. The molecule has 0 atom stereocenters. The number of benzene rings is 1. The van der Waals surface area contributed by atoms with Gasteiger partial charge in [0.25, 0.3) is 0 Å². The van der Waals surface area contributed by atoms with Crippen LogP contribution in [0.4, 0.5) is 5.69 Å². The van der Waals surface area contributed by atoms with Crippen LogP contribution in [0.25, 0.3) is 0 Å². The van der Waals surface area contributed by atoms with Gasteiger partial charge in [-0.3, -0.25) is 9.98 Å². The van der Waals surface area contributed by atoms with E-state index in [1.807, 2.05) is 24.3 Å². The number of aliphatic imine (C=N–C) groups is 1. The van der Waals surface area contributed by atoms with Crippen LogP contribution in [0.3, 0.4) is 0 Å². The van der Waals surface area contributed by atoms with Crippen LogP contribution in [0.2, 0.25) is 0 Å². The number of aromatic nitrogens is 2. The summed E-state index contributed by atoms with van der Waals surface area (Å²) in [4.78, 5) is 19.5. The van der Waals surface area contributed by atoms with Crippen LogP contribution in [0.1, 0.15) is 5.69 Å². The summed E-state index contributed by atoms with van der Waals surface area (Å²) in [6, 6.07) is 7.32. The van der Waals surface area contributed by atoms with Crippen molar-refractivity contribution in [3.63, 3.8) is 0 Å². The summed E-state index contributed by atoms with van der Waals surface area (Å²) in [5.74, 6) is -0.217. The molecule has 1 heterocycles. The molecule has 0 fully saturated rings. The molecule has 0 unspecified atom stereocenters. The first-order chi connectivity index (χ1) is 7.65. The molecule has 0 aliphatic rings. The van der Waals surface area contributed by atoms with Gasteiger partial charge in [0.1, 0.15) is 5.69 Å². The van der Waals surface area contributed by atoms with E-state index in [4.69, 9.17) is 0 Å². The number of hydrogen-bond donors (Lipinski definition) is 3. The minimum Gasteiger partial charge on any atom is -0.493 e. The second-order valence-corrected chi connectivity index (χ2v) is 3.99. The molecule has 0 saturated carbocycles. The highest BCUT2D eigenvalue weighted by Gasteiger charge is 2.01. The Morgan fingerprint density at radius 3 is 2.50 bits per heavy atom. The zero-order chi connectivity index (χ0) is 11.5. The van der Waals surface area contributed by atoms with Crippen LogP contribution in [-0.2, 0) is 0 Å². The van der Waals surface area contributed by atoms with E-state index in [0.717, 1.165) is 10.2 Å². The van der Waals surface area contributed by atoms with Crippen molar-refractivity contribution < 1.29 is 5.11 Å². The minimum absolute atomic E-state index is 0.217. The average Bonchev–Trinajstić information content (AvgIpc) is 2.57. The van der Waals surface area contributed by atoms with Crippen LogP contribution in [0.5, 0.6) is 5.88 Å². The third kappa shape index (κ3) is 2.40. The second kappa shape index (κ2) is 4.36. The quantitative estimate of drug-likeness (QED) is 0.735. The average molecular weight is 282 g/mol. The zero-order valence-electron chi connectivity index (χ0n) is 8.07. The van der Waals surface area contributed by atoms with E-state index in [9.17, 15) is 9.90 Å². The van der Waals surface area contributed by atoms with E-state index in [1.54, 1.807) is 0 Å². The highest BCUT2D eigenvalue weighted by molar-refractivity contribution is 9.10. The standard InChI is InChI=1S/C10H8BrN3O2/c11-6-1-3-7(4-2-6)12-5-8-9(15)14-10(16)13-8/h1-5,15H,(H2,13,14,16). The molecule has 1 aromatic heterocycles. The van der Waals surface area contributed by atoms with E-state index in [2.05, 4.69) is 30.9 Å². The lowest BCUT2D eigenvalue weighted by atomic mass is 10.3. The molecule has 0 saturated heterocycles. The highest BCUT2D eigenvalue weighted by Crippen LogP contribution is 2.17. The Labute approximate surface area is 99.0 Å². The van der Waals surface area contributed by atoms with Crippen molar-refractivity contribution in [3.05, 3.63) is 44.9 Å². The summed E-state index contributed by atoms with van der Waals surface area (Å²) in [5, 5.41) is 9.27. The van der Waals surface area contributed by atoms with Crippen LogP contribution < -0.4 is 5.69 Å². The molecule has 0 amide bonds. The number of imidazole rings is 1. The zero-order valence-corrected chi connectivity index (χ0v) is 9.65. The molecule has 3 N–H and O–H groups in total. The molecule has 0 bridgehead atoms. The molecule has 2 aromatic rings. The van der Waals surface area contributed by atoms with Gasteiger partial charge in [-0.2, -0.15) is 0 Å². The van der Waals surface area contributed by atoms with Gasteiger partial charge in [0.2, 0.25) is 5.88 Å². The van der Waals surface area contributed by atoms with Gasteiger partial charge in [-0.05, 0) is 24.3 Å². The van der Waals surface area contributed by atoms with E-state index >= 15 is 0 Å². The molecule has 5 nitrogen and oxygen atoms in total. The predicted octanol–water partition coefficient (Wildman–Crippen LogP) is 1.92. The van der Waals surface area contributed by atoms with Crippen molar-refractivity contribution in [2.45, 2.75) is 0 Å². The Morgan fingerprint density at radius 1 is 1.25 bits per heavy atom. The fraction of sp³-hybridized carbons (Fsp3) is 0. The van der Waals surface area contributed by atoms with Gasteiger partial charge in [-0.15, -0.1) is 0 Å². The highest BCUT2D eigenvalue weighted by atomic mass is 79.9. The molecule has 16 heavy (non-hydrogen) atoms. The maximum atomic E-state index is 10.8. The monoisotopic (exact) mass is 281 g/mol. The van der Waals surface area contributed by atoms with Crippen molar-refractivity contribution in [2.24, 2.45) is 4.99 Å². The summed E-state index contributed by atoms with van der Waals surface area (Å²) < 4.78 is 0.962. The van der Waals surface area contributed by atoms with Gasteiger partial charge < -0.3 is 10.1 Å². The Morgan fingerprint density at radius 2 is 1.94 bits per heavy atom. The maximum absolute atomic E-state index is 10.8. The molecule has 0 radical (unpaired) electrons. The molecular weight excluding hydrogens is 274 g/mol. The Balaban J connectivity index is 2.24. The summed E-state index contributed by atoms with van der Waals surface area (Å²) in [5.41, 5.74) is 0.521. The Bertz CT molecular complexity index is 568. The number of hydrogen-bond acceptors (Lipinski definition) is 3. The second-order valence-electron chi connectivity index (χ2n) is 3.08. The normalized spacial score (nSPS) is 11.1. The summed E-state index contributed by atoms with van der Waals surface area (Å²) in [6.45, 7) is 0. The Kier molecular flexibility index (Phi) is 2.91. The van der Waals surface area contributed by atoms with Crippen LogP contribution in [0, 0.1) is 0 Å². The first-order valence-corrected chi connectivity index (χ1v) is 5.25. The lowest BCUT2D eigenvalue weighted by Gasteiger charge is -1.93. The van der Waals surface area contributed by atoms with Crippen molar-refractivity contribution in [3.8, 4) is 5.88 Å². The molecule has 0 aliphatic heterocycles.